The number of nitrogens with one attached hydrogen (secondary N) is 1. The minimum atomic E-state index is -0.511. The zero-order valence-electron chi connectivity index (χ0n) is 8.13. The first-order valence-electron chi connectivity index (χ1n) is 4.33. The van der Waals surface area contributed by atoms with E-state index in [2.05, 4.69) is 5.32 Å². The van der Waals surface area contributed by atoms with E-state index < -0.39 is 11.8 Å². The molecular weight excluding hydrogens is 185 g/mol. The molecule has 0 aliphatic carbocycles. The van der Waals surface area contributed by atoms with Crippen molar-refractivity contribution >= 4 is 11.7 Å². The van der Waals surface area contributed by atoms with Crippen LogP contribution in [0.25, 0.3) is 0 Å². The van der Waals surface area contributed by atoms with Gasteiger partial charge in [-0.05, 0) is 25.1 Å². The fourth-order valence-corrected chi connectivity index (χ4v) is 1.07. The summed E-state index contributed by atoms with van der Waals surface area (Å²) < 4.78 is 17.7. The minimum Gasteiger partial charge on any atom is -0.462 e. The SMILES string of the molecule is CCOC(=O)c1cc(F)cc(NC)c1. The van der Waals surface area contributed by atoms with Crippen LogP contribution in [0, 0.1) is 5.82 Å². The molecule has 1 N–H and O–H groups in total. The van der Waals surface area contributed by atoms with Gasteiger partial charge < -0.3 is 10.1 Å². The smallest absolute Gasteiger partial charge is 0.338 e. The van der Waals surface area contributed by atoms with Crippen LogP contribution in [0.4, 0.5) is 10.1 Å². The van der Waals surface area contributed by atoms with Crippen LogP contribution >= 0.6 is 0 Å². The van der Waals surface area contributed by atoms with Crippen molar-refractivity contribution in [2.45, 2.75) is 6.92 Å². The summed E-state index contributed by atoms with van der Waals surface area (Å²) in [5, 5.41) is 2.76. The number of hydrogen-bond acceptors (Lipinski definition) is 3. The highest BCUT2D eigenvalue weighted by Crippen LogP contribution is 2.14. The second-order valence-corrected chi connectivity index (χ2v) is 2.70. The molecule has 0 aliphatic rings. The van der Waals surface area contributed by atoms with Crippen LogP contribution in [-0.2, 0) is 4.74 Å². The Bertz CT molecular complexity index is 339. The summed E-state index contributed by atoms with van der Waals surface area (Å²) in [6.07, 6.45) is 0. The van der Waals surface area contributed by atoms with Crippen LogP contribution < -0.4 is 5.32 Å². The molecule has 0 spiro atoms. The topological polar surface area (TPSA) is 38.3 Å². The maximum atomic E-state index is 13.0. The number of carbonyl (C=O) groups excluding carboxylic acids is 1. The number of carbonyl (C=O) groups is 1. The van der Waals surface area contributed by atoms with Crippen LogP contribution in [0.5, 0.6) is 0 Å². The first-order chi connectivity index (χ1) is 6.67. The average Bonchev–Trinajstić information content (AvgIpc) is 2.17. The van der Waals surface area contributed by atoms with Gasteiger partial charge in [0, 0.05) is 12.7 Å². The van der Waals surface area contributed by atoms with E-state index in [0.29, 0.717) is 5.69 Å². The Hall–Kier alpha value is -1.58. The summed E-state index contributed by atoms with van der Waals surface area (Å²) in [6, 6.07) is 4.00. The number of hydrogen-bond donors (Lipinski definition) is 1. The molecule has 0 saturated heterocycles. The molecular formula is C10H12FNO2. The van der Waals surface area contributed by atoms with Crippen LogP contribution in [-0.4, -0.2) is 19.6 Å². The Morgan fingerprint density at radius 2 is 2.21 bits per heavy atom. The summed E-state index contributed by atoms with van der Waals surface area (Å²) in [7, 11) is 1.66. The van der Waals surface area contributed by atoms with E-state index in [1.165, 1.54) is 6.07 Å². The molecule has 0 radical (unpaired) electrons. The van der Waals surface area contributed by atoms with Crippen molar-refractivity contribution in [1.29, 1.82) is 0 Å². The standard InChI is InChI=1S/C10H12FNO2/c1-3-14-10(13)7-4-8(11)6-9(5-7)12-2/h4-6,12H,3H2,1-2H3. The Morgan fingerprint density at radius 1 is 1.50 bits per heavy atom. The third-order valence-electron chi connectivity index (χ3n) is 1.70. The molecule has 4 heteroatoms. The third kappa shape index (κ3) is 2.45. The molecule has 1 aromatic rings. The molecule has 0 heterocycles. The third-order valence-corrected chi connectivity index (χ3v) is 1.70. The van der Waals surface area contributed by atoms with E-state index in [4.69, 9.17) is 4.74 Å². The fraction of sp³-hybridized carbons (Fsp3) is 0.300. The zero-order chi connectivity index (χ0) is 10.6. The Kier molecular flexibility index (Phi) is 3.45. The highest BCUT2D eigenvalue weighted by Gasteiger charge is 2.08. The molecule has 14 heavy (non-hydrogen) atoms. The molecule has 0 aromatic heterocycles. The van der Waals surface area contributed by atoms with Gasteiger partial charge in [0.2, 0.25) is 0 Å². The number of anilines is 1. The molecule has 1 rings (SSSR count). The van der Waals surface area contributed by atoms with E-state index in [-0.39, 0.29) is 12.2 Å². The quantitative estimate of drug-likeness (QED) is 0.753. The monoisotopic (exact) mass is 197 g/mol. The molecule has 0 saturated carbocycles. The summed E-state index contributed by atoms with van der Waals surface area (Å²) in [6.45, 7) is 1.99. The summed E-state index contributed by atoms with van der Waals surface area (Å²) in [5.74, 6) is -0.969. The lowest BCUT2D eigenvalue weighted by Crippen LogP contribution is -2.05. The van der Waals surface area contributed by atoms with Gasteiger partial charge in [-0.15, -0.1) is 0 Å². The van der Waals surface area contributed by atoms with Gasteiger partial charge in [-0.2, -0.15) is 0 Å². The number of rotatable bonds is 3. The largest absolute Gasteiger partial charge is 0.462 e. The predicted molar refractivity (Wildman–Crippen MR) is 51.9 cm³/mol. The first-order valence-corrected chi connectivity index (χ1v) is 4.33. The fourth-order valence-electron chi connectivity index (χ4n) is 1.07. The molecule has 0 atom stereocenters. The van der Waals surface area contributed by atoms with E-state index >= 15 is 0 Å². The van der Waals surface area contributed by atoms with Gasteiger partial charge in [0.25, 0.3) is 0 Å². The number of halogens is 1. The summed E-state index contributed by atoms with van der Waals surface area (Å²) >= 11 is 0. The van der Waals surface area contributed by atoms with Gasteiger partial charge >= 0.3 is 5.97 Å². The lowest BCUT2D eigenvalue weighted by atomic mass is 10.2. The molecule has 0 aliphatic heterocycles. The van der Waals surface area contributed by atoms with Gasteiger partial charge in [0.1, 0.15) is 5.82 Å². The molecule has 0 amide bonds. The second-order valence-electron chi connectivity index (χ2n) is 2.70. The van der Waals surface area contributed by atoms with Crippen molar-refractivity contribution in [3.05, 3.63) is 29.6 Å². The first kappa shape index (κ1) is 10.5. The van der Waals surface area contributed by atoms with Gasteiger partial charge in [-0.25, -0.2) is 9.18 Å². The zero-order valence-corrected chi connectivity index (χ0v) is 8.13. The molecule has 0 bridgehead atoms. The Balaban J connectivity index is 2.96. The maximum absolute atomic E-state index is 13.0. The normalized spacial score (nSPS) is 9.64. The van der Waals surface area contributed by atoms with Crippen LogP contribution in [0.1, 0.15) is 17.3 Å². The van der Waals surface area contributed by atoms with Crippen LogP contribution in [0.3, 0.4) is 0 Å². The lowest BCUT2D eigenvalue weighted by Gasteiger charge is -2.04. The summed E-state index contributed by atoms with van der Waals surface area (Å²) in [4.78, 5) is 11.2. The van der Waals surface area contributed by atoms with Gasteiger partial charge in [0.05, 0.1) is 12.2 Å². The van der Waals surface area contributed by atoms with Gasteiger partial charge in [-0.1, -0.05) is 0 Å². The highest BCUT2D eigenvalue weighted by atomic mass is 19.1. The van der Waals surface area contributed by atoms with Crippen LogP contribution in [0.2, 0.25) is 0 Å². The number of esters is 1. The second kappa shape index (κ2) is 4.60. The molecule has 0 unspecified atom stereocenters. The Labute approximate surface area is 81.9 Å². The highest BCUT2D eigenvalue weighted by molar-refractivity contribution is 5.90. The number of ether oxygens (including phenoxy) is 1. The van der Waals surface area contributed by atoms with E-state index in [9.17, 15) is 9.18 Å². The number of benzene rings is 1. The van der Waals surface area contributed by atoms with Crippen molar-refractivity contribution in [3.8, 4) is 0 Å². The van der Waals surface area contributed by atoms with Crippen molar-refractivity contribution in [3.63, 3.8) is 0 Å². The van der Waals surface area contributed by atoms with E-state index in [0.717, 1.165) is 6.07 Å². The van der Waals surface area contributed by atoms with Crippen molar-refractivity contribution in [2.75, 3.05) is 19.0 Å². The molecule has 0 fully saturated rings. The molecule has 1 aromatic carbocycles. The minimum absolute atomic E-state index is 0.219. The molecule has 3 nitrogen and oxygen atoms in total. The average molecular weight is 197 g/mol. The van der Waals surface area contributed by atoms with Crippen molar-refractivity contribution in [2.24, 2.45) is 0 Å². The van der Waals surface area contributed by atoms with Crippen LogP contribution in [0.15, 0.2) is 18.2 Å². The van der Waals surface area contributed by atoms with E-state index in [1.54, 1.807) is 20.0 Å². The van der Waals surface area contributed by atoms with E-state index in [1.807, 2.05) is 0 Å². The lowest BCUT2D eigenvalue weighted by molar-refractivity contribution is 0.0526. The van der Waals surface area contributed by atoms with Gasteiger partial charge in [0.15, 0.2) is 0 Å². The van der Waals surface area contributed by atoms with Crippen molar-refractivity contribution < 1.29 is 13.9 Å². The predicted octanol–water partition coefficient (Wildman–Crippen LogP) is 2.04. The van der Waals surface area contributed by atoms with Crippen molar-refractivity contribution in [1.82, 2.24) is 0 Å². The molecule has 76 valence electrons. The maximum Gasteiger partial charge on any atom is 0.338 e. The van der Waals surface area contributed by atoms with Gasteiger partial charge in [-0.3, -0.25) is 0 Å². The summed E-state index contributed by atoms with van der Waals surface area (Å²) in [5.41, 5.74) is 0.768. The Morgan fingerprint density at radius 3 is 2.79 bits per heavy atom.